The number of halogens is 2. The van der Waals surface area contributed by atoms with Gasteiger partial charge in [0, 0.05) is 12.1 Å². The highest BCUT2D eigenvalue weighted by molar-refractivity contribution is 5.85. The van der Waals surface area contributed by atoms with Gasteiger partial charge in [-0.2, -0.15) is 0 Å². The van der Waals surface area contributed by atoms with Crippen molar-refractivity contribution in [3.05, 3.63) is 107 Å². The average Bonchev–Trinajstić information content (AvgIpc) is 3.23. The van der Waals surface area contributed by atoms with Crippen LogP contribution in [0.1, 0.15) is 47.1 Å². The van der Waals surface area contributed by atoms with Crippen molar-refractivity contribution in [2.24, 2.45) is 0 Å². The topological polar surface area (TPSA) is 20.3 Å². The molecular weight excluding hydrogens is 380 g/mol. The quantitative estimate of drug-likeness (QED) is 0.513. The number of likely N-dealkylation sites (tertiary alicyclic amines) is 1. The van der Waals surface area contributed by atoms with Crippen molar-refractivity contribution < 1.29 is 13.6 Å². The molecule has 1 saturated heterocycles. The number of amides is 1. The van der Waals surface area contributed by atoms with E-state index in [1.54, 1.807) is 41.3 Å². The first kappa shape index (κ1) is 20.3. The molecule has 3 aromatic rings. The minimum atomic E-state index is -0.519. The van der Waals surface area contributed by atoms with Gasteiger partial charge in [0.25, 0.3) is 0 Å². The van der Waals surface area contributed by atoms with E-state index in [4.69, 9.17) is 0 Å². The number of hydrogen-bond donors (Lipinski definition) is 0. The Morgan fingerprint density at radius 1 is 0.967 bits per heavy atom. The van der Waals surface area contributed by atoms with E-state index in [1.807, 2.05) is 31.2 Å². The van der Waals surface area contributed by atoms with Crippen LogP contribution in [0.5, 0.6) is 0 Å². The van der Waals surface area contributed by atoms with E-state index in [0.29, 0.717) is 17.7 Å². The van der Waals surface area contributed by atoms with Gasteiger partial charge in [0.2, 0.25) is 5.91 Å². The van der Waals surface area contributed by atoms with Crippen LogP contribution in [0.3, 0.4) is 0 Å². The molecule has 1 fully saturated rings. The maximum Gasteiger partial charge on any atom is 0.230 e. The van der Waals surface area contributed by atoms with Crippen molar-refractivity contribution in [1.82, 2.24) is 4.90 Å². The van der Waals surface area contributed by atoms with Crippen LogP contribution >= 0.6 is 0 Å². The molecule has 4 rings (SSSR count). The number of carbonyl (C=O) groups is 1. The Kier molecular flexibility index (Phi) is 5.93. The van der Waals surface area contributed by atoms with E-state index in [0.717, 1.165) is 24.0 Å². The lowest BCUT2D eigenvalue weighted by atomic mass is 9.89. The van der Waals surface area contributed by atoms with Gasteiger partial charge < -0.3 is 4.90 Å². The number of rotatable bonds is 5. The van der Waals surface area contributed by atoms with E-state index >= 15 is 0 Å². The number of carbonyl (C=O) groups excluding carboxylic acids is 1. The van der Waals surface area contributed by atoms with Gasteiger partial charge in [0.05, 0.1) is 12.0 Å². The molecular formula is C26H25F2NO. The SMILES string of the molecule is Cc1ccc(C(Cc2ccccc2F)C(=O)N2CCCC2c2ccccc2F)cc1. The summed E-state index contributed by atoms with van der Waals surface area (Å²) in [6, 6.07) is 20.8. The van der Waals surface area contributed by atoms with Crippen LogP contribution in [0, 0.1) is 18.6 Å². The standard InChI is InChI=1S/C26H25F2NO/c1-18-12-14-19(15-13-18)22(17-20-7-2-4-9-23(20)27)26(30)29-16-6-11-25(29)21-8-3-5-10-24(21)28/h2-5,7-10,12-15,22,25H,6,11,16-17H2,1H3. The van der Waals surface area contributed by atoms with Gasteiger partial charge >= 0.3 is 0 Å². The first-order valence-electron chi connectivity index (χ1n) is 10.4. The molecule has 2 nitrogen and oxygen atoms in total. The molecule has 0 N–H and O–H groups in total. The fourth-order valence-corrected chi connectivity index (χ4v) is 4.33. The molecule has 1 aliphatic heterocycles. The lowest BCUT2D eigenvalue weighted by Gasteiger charge is -2.30. The summed E-state index contributed by atoms with van der Waals surface area (Å²) in [5, 5.41) is 0. The summed E-state index contributed by atoms with van der Waals surface area (Å²) in [5.41, 5.74) is 3.02. The van der Waals surface area contributed by atoms with Gasteiger partial charge in [-0.25, -0.2) is 8.78 Å². The maximum absolute atomic E-state index is 14.5. The zero-order chi connectivity index (χ0) is 21.1. The first-order valence-corrected chi connectivity index (χ1v) is 10.4. The van der Waals surface area contributed by atoms with Gasteiger partial charge in [-0.1, -0.05) is 66.2 Å². The zero-order valence-electron chi connectivity index (χ0n) is 17.0. The van der Waals surface area contributed by atoms with E-state index in [-0.39, 0.29) is 30.0 Å². The third-order valence-electron chi connectivity index (χ3n) is 5.96. The summed E-state index contributed by atoms with van der Waals surface area (Å²) in [6.45, 7) is 2.57. The molecule has 0 radical (unpaired) electrons. The first-order chi connectivity index (χ1) is 14.5. The van der Waals surface area contributed by atoms with Gasteiger partial charge in [-0.05, 0) is 49.4 Å². The Bertz CT molecular complexity index is 1030. The summed E-state index contributed by atoms with van der Waals surface area (Å²) < 4.78 is 28.8. The van der Waals surface area contributed by atoms with Crippen molar-refractivity contribution >= 4 is 5.91 Å². The normalized spacial score (nSPS) is 17.2. The summed E-state index contributed by atoms with van der Waals surface area (Å²) >= 11 is 0. The van der Waals surface area contributed by atoms with Crippen LogP contribution in [0.4, 0.5) is 8.78 Å². The van der Waals surface area contributed by atoms with E-state index < -0.39 is 5.92 Å². The summed E-state index contributed by atoms with van der Waals surface area (Å²) in [5.74, 6) is -1.19. The van der Waals surface area contributed by atoms with Crippen molar-refractivity contribution in [1.29, 1.82) is 0 Å². The van der Waals surface area contributed by atoms with Crippen LogP contribution in [0.15, 0.2) is 72.8 Å². The molecule has 4 heteroatoms. The molecule has 30 heavy (non-hydrogen) atoms. The molecule has 0 aliphatic carbocycles. The molecule has 0 spiro atoms. The van der Waals surface area contributed by atoms with E-state index in [2.05, 4.69) is 0 Å². The van der Waals surface area contributed by atoms with Crippen molar-refractivity contribution in [2.45, 2.75) is 38.1 Å². The van der Waals surface area contributed by atoms with E-state index in [9.17, 15) is 13.6 Å². The minimum absolute atomic E-state index is 0.0761. The van der Waals surface area contributed by atoms with Crippen LogP contribution < -0.4 is 0 Å². The lowest BCUT2D eigenvalue weighted by molar-refractivity contribution is -0.133. The van der Waals surface area contributed by atoms with Crippen molar-refractivity contribution in [3.63, 3.8) is 0 Å². The highest BCUT2D eigenvalue weighted by Crippen LogP contribution is 2.37. The fraction of sp³-hybridized carbons (Fsp3) is 0.269. The molecule has 0 aromatic heterocycles. The monoisotopic (exact) mass is 405 g/mol. The predicted octanol–water partition coefficient (Wildman–Crippen LogP) is 5.96. The van der Waals surface area contributed by atoms with Gasteiger partial charge in [0.1, 0.15) is 11.6 Å². The second kappa shape index (κ2) is 8.78. The second-order valence-corrected chi connectivity index (χ2v) is 7.97. The molecule has 1 heterocycles. The predicted molar refractivity (Wildman–Crippen MR) is 114 cm³/mol. The third kappa shape index (κ3) is 4.13. The number of aryl methyl sites for hydroxylation is 1. The number of nitrogens with zero attached hydrogens (tertiary/aromatic N) is 1. The third-order valence-corrected chi connectivity index (χ3v) is 5.96. The Morgan fingerprint density at radius 3 is 2.33 bits per heavy atom. The molecule has 1 amide bonds. The summed E-state index contributed by atoms with van der Waals surface area (Å²) in [6.07, 6.45) is 1.83. The summed E-state index contributed by atoms with van der Waals surface area (Å²) in [4.78, 5) is 15.5. The molecule has 0 saturated carbocycles. The van der Waals surface area contributed by atoms with Crippen molar-refractivity contribution in [3.8, 4) is 0 Å². The van der Waals surface area contributed by atoms with Crippen molar-refractivity contribution in [2.75, 3.05) is 6.54 Å². The highest BCUT2D eigenvalue weighted by atomic mass is 19.1. The molecule has 154 valence electrons. The highest BCUT2D eigenvalue weighted by Gasteiger charge is 2.36. The smallest absolute Gasteiger partial charge is 0.230 e. The van der Waals surface area contributed by atoms with Gasteiger partial charge in [0.15, 0.2) is 0 Å². The second-order valence-electron chi connectivity index (χ2n) is 7.97. The molecule has 3 aromatic carbocycles. The molecule has 2 atom stereocenters. The largest absolute Gasteiger partial charge is 0.335 e. The fourth-order valence-electron chi connectivity index (χ4n) is 4.33. The Morgan fingerprint density at radius 2 is 1.63 bits per heavy atom. The maximum atomic E-state index is 14.5. The van der Waals surface area contributed by atoms with Crippen LogP contribution in [0.25, 0.3) is 0 Å². The molecule has 2 unspecified atom stereocenters. The average molecular weight is 405 g/mol. The Labute approximate surface area is 176 Å². The number of hydrogen-bond acceptors (Lipinski definition) is 1. The number of benzene rings is 3. The Balaban J connectivity index is 1.69. The van der Waals surface area contributed by atoms with Gasteiger partial charge in [-0.3, -0.25) is 4.79 Å². The molecule has 1 aliphatic rings. The zero-order valence-corrected chi connectivity index (χ0v) is 17.0. The summed E-state index contributed by atoms with van der Waals surface area (Å²) in [7, 11) is 0. The van der Waals surface area contributed by atoms with Gasteiger partial charge in [-0.15, -0.1) is 0 Å². The van der Waals surface area contributed by atoms with Crippen LogP contribution in [0.2, 0.25) is 0 Å². The van der Waals surface area contributed by atoms with Crippen LogP contribution in [-0.4, -0.2) is 17.4 Å². The Hall–Kier alpha value is -3.01. The van der Waals surface area contributed by atoms with Crippen LogP contribution in [-0.2, 0) is 11.2 Å². The minimum Gasteiger partial charge on any atom is -0.335 e. The molecule has 0 bridgehead atoms. The van der Waals surface area contributed by atoms with E-state index in [1.165, 1.54) is 12.1 Å². The lowest BCUT2D eigenvalue weighted by Crippen LogP contribution is -2.36.